The van der Waals surface area contributed by atoms with Crippen molar-refractivity contribution in [2.45, 2.75) is 40.0 Å². The van der Waals surface area contributed by atoms with Crippen molar-refractivity contribution in [1.82, 2.24) is 0 Å². The molecule has 1 aliphatic heterocycles. The molecule has 3 aromatic rings. The van der Waals surface area contributed by atoms with Crippen LogP contribution in [0.5, 0.6) is 0 Å². The van der Waals surface area contributed by atoms with Crippen molar-refractivity contribution in [3.8, 4) is 0 Å². The molecule has 5 rings (SSSR count). The smallest absolute Gasteiger partial charge is 0.277 e. The van der Waals surface area contributed by atoms with Crippen molar-refractivity contribution in [1.29, 1.82) is 0 Å². The van der Waals surface area contributed by atoms with Crippen LogP contribution < -0.4 is 10.2 Å². The summed E-state index contributed by atoms with van der Waals surface area (Å²) in [5, 5.41) is 4.21. The number of nitrogens with one attached hydrogen (secondary N) is 1. The van der Waals surface area contributed by atoms with E-state index in [0.29, 0.717) is 39.4 Å². The molecule has 0 fully saturated rings. The van der Waals surface area contributed by atoms with Crippen molar-refractivity contribution in [3.05, 3.63) is 87.8 Å². The Morgan fingerprint density at radius 3 is 2.65 bits per heavy atom. The number of carbonyl (C=O) groups is 2. The third-order valence-electron chi connectivity index (χ3n) is 7.22. The molecular formula is C30H30ClN3O2S. The maximum atomic E-state index is 13.7. The lowest BCUT2D eigenvalue weighted by molar-refractivity contribution is -0.112. The summed E-state index contributed by atoms with van der Waals surface area (Å²) in [5.74, 6) is 0.127. The first-order valence-corrected chi connectivity index (χ1v) is 13.7. The number of amides is 2. The molecule has 0 saturated heterocycles. The highest BCUT2D eigenvalue weighted by molar-refractivity contribution is 7.16. The van der Waals surface area contributed by atoms with E-state index in [1.165, 1.54) is 4.88 Å². The second-order valence-corrected chi connectivity index (χ2v) is 12.2. The first-order valence-electron chi connectivity index (χ1n) is 12.5. The lowest BCUT2D eigenvalue weighted by Gasteiger charge is -2.33. The van der Waals surface area contributed by atoms with Crippen LogP contribution in [-0.4, -0.2) is 24.1 Å². The minimum Gasteiger partial charge on any atom is -0.322 e. The van der Waals surface area contributed by atoms with Crippen LogP contribution in [0.3, 0.4) is 0 Å². The molecule has 0 radical (unpaired) electrons. The molecule has 1 aromatic heterocycles. The first kappa shape index (κ1) is 25.4. The molecule has 2 aromatic carbocycles. The molecule has 2 heterocycles. The van der Waals surface area contributed by atoms with E-state index in [1.54, 1.807) is 46.6 Å². The summed E-state index contributed by atoms with van der Waals surface area (Å²) in [4.78, 5) is 34.9. The number of anilines is 2. The van der Waals surface area contributed by atoms with Crippen molar-refractivity contribution >= 4 is 56.8 Å². The summed E-state index contributed by atoms with van der Waals surface area (Å²) >= 11 is 7.57. The average molecular weight is 532 g/mol. The molecule has 190 valence electrons. The highest BCUT2D eigenvalue weighted by Crippen LogP contribution is 2.46. The summed E-state index contributed by atoms with van der Waals surface area (Å²) < 4.78 is 0. The van der Waals surface area contributed by atoms with Crippen LogP contribution in [0.25, 0.3) is 0 Å². The Morgan fingerprint density at radius 2 is 1.95 bits per heavy atom. The van der Waals surface area contributed by atoms with Gasteiger partial charge in [0, 0.05) is 27.7 Å². The zero-order chi connectivity index (χ0) is 26.3. The Balaban J connectivity index is 1.60. The van der Waals surface area contributed by atoms with Gasteiger partial charge in [-0.2, -0.15) is 0 Å². The maximum Gasteiger partial charge on any atom is 0.277 e. The third kappa shape index (κ3) is 4.88. The quantitative estimate of drug-likeness (QED) is 0.347. The van der Waals surface area contributed by atoms with Gasteiger partial charge in [0.2, 0.25) is 0 Å². The highest BCUT2D eigenvalue weighted by Gasteiger charge is 2.36. The number of rotatable bonds is 5. The molecule has 7 heteroatoms. The fourth-order valence-corrected chi connectivity index (χ4v) is 6.56. The van der Waals surface area contributed by atoms with E-state index in [4.69, 9.17) is 16.6 Å². The largest absolute Gasteiger partial charge is 0.322 e. The number of halogens is 1. The predicted octanol–water partition coefficient (Wildman–Crippen LogP) is 7.46. The fraction of sp³-hybridized carbons (Fsp3) is 0.300. The summed E-state index contributed by atoms with van der Waals surface area (Å²) in [7, 11) is 0. The first-order chi connectivity index (χ1) is 17.7. The summed E-state index contributed by atoms with van der Waals surface area (Å²) in [6.45, 7) is 11.0. The molecule has 1 aliphatic carbocycles. The van der Waals surface area contributed by atoms with Gasteiger partial charge in [0.15, 0.2) is 0 Å². The Hall–Kier alpha value is -3.22. The number of aliphatic imine (C=N–C) groups is 1. The van der Waals surface area contributed by atoms with Gasteiger partial charge in [-0.05, 0) is 66.5 Å². The van der Waals surface area contributed by atoms with Gasteiger partial charge in [0.1, 0.15) is 10.7 Å². The van der Waals surface area contributed by atoms with Gasteiger partial charge in [-0.25, -0.2) is 4.99 Å². The second kappa shape index (κ2) is 9.92. The maximum absolute atomic E-state index is 13.7. The van der Waals surface area contributed by atoms with Gasteiger partial charge in [0.05, 0.1) is 11.3 Å². The molecule has 0 bridgehead atoms. The Bertz CT molecular complexity index is 1420. The number of thiophene rings is 1. The van der Waals surface area contributed by atoms with E-state index in [9.17, 15) is 9.59 Å². The van der Waals surface area contributed by atoms with E-state index < -0.39 is 0 Å². The molecule has 0 unspecified atom stereocenters. The minimum atomic E-state index is -0.213. The van der Waals surface area contributed by atoms with Crippen LogP contribution in [0, 0.1) is 11.3 Å². The third-order valence-corrected chi connectivity index (χ3v) is 8.62. The van der Waals surface area contributed by atoms with Crippen molar-refractivity contribution < 1.29 is 9.59 Å². The SMILES string of the molecule is C=CCN1C(=O)C(=Nc2sc3c(c2C(=O)Nc2ccc(Cl)cc2)CC[C@@H](C(C)(C)C)C3)c2ccccc21. The fourth-order valence-electron chi connectivity index (χ4n) is 5.13. The lowest BCUT2D eigenvalue weighted by Crippen LogP contribution is -2.30. The molecule has 37 heavy (non-hydrogen) atoms. The van der Waals surface area contributed by atoms with Gasteiger partial charge < -0.3 is 10.2 Å². The number of hydrogen-bond donors (Lipinski definition) is 1. The predicted molar refractivity (Wildman–Crippen MR) is 154 cm³/mol. The monoisotopic (exact) mass is 531 g/mol. The molecule has 5 nitrogen and oxygen atoms in total. The van der Waals surface area contributed by atoms with Crippen LogP contribution in [0.1, 0.15) is 53.6 Å². The van der Waals surface area contributed by atoms with E-state index in [0.717, 1.165) is 36.1 Å². The van der Waals surface area contributed by atoms with E-state index in [-0.39, 0.29) is 17.2 Å². The van der Waals surface area contributed by atoms with Crippen LogP contribution in [0.15, 0.2) is 66.2 Å². The Kier molecular flexibility index (Phi) is 6.82. The number of hydrogen-bond acceptors (Lipinski definition) is 4. The molecule has 2 amide bonds. The van der Waals surface area contributed by atoms with Crippen LogP contribution >= 0.6 is 22.9 Å². The van der Waals surface area contributed by atoms with Crippen molar-refractivity contribution in [2.24, 2.45) is 16.3 Å². The van der Waals surface area contributed by atoms with Gasteiger partial charge in [-0.15, -0.1) is 17.9 Å². The average Bonchev–Trinajstić information content (AvgIpc) is 3.35. The molecule has 2 aliphatic rings. The van der Waals surface area contributed by atoms with Crippen LogP contribution in [-0.2, 0) is 17.6 Å². The van der Waals surface area contributed by atoms with Gasteiger partial charge >= 0.3 is 0 Å². The summed E-state index contributed by atoms with van der Waals surface area (Å²) in [6, 6.07) is 14.7. The second-order valence-electron chi connectivity index (χ2n) is 10.6. The van der Waals surface area contributed by atoms with Gasteiger partial charge in [-0.1, -0.05) is 56.6 Å². The number of fused-ring (bicyclic) bond motifs is 2. The number of benzene rings is 2. The molecule has 1 atom stereocenters. The van der Waals surface area contributed by atoms with Crippen molar-refractivity contribution in [2.75, 3.05) is 16.8 Å². The topological polar surface area (TPSA) is 61.8 Å². The van der Waals surface area contributed by atoms with E-state index in [1.807, 2.05) is 24.3 Å². The molecule has 0 spiro atoms. The molecule has 0 saturated carbocycles. The summed E-state index contributed by atoms with van der Waals surface area (Å²) in [6.07, 6.45) is 4.44. The van der Waals surface area contributed by atoms with Crippen molar-refractivity contribution in [3.63, 3.8) is 0 Å². The Morgan fingerprint density at radius 1 is 1.22 bits per heavy atom. The normalized spacial score (nSPS) is 18.1. The van der Waals surface area contributed by atoms with Gasteiger partial charge in [0.25, 0.3) is 11.8 Å². The standard InChI is InChI=1S/C30H30ClN3O2S/c1-5-16-34-23-9-7-6-8-21(23)26(29(34)36)33-28-25(27(35)32-20-13-11-19(31)12-14-20)22-15-10-18(30(2,3)4)17-24(22)37-28/h5-9,11-14,18H,1,10,15-17H2,2-4H3,(H,32,35)/t18-/m1/s1. The van der Waals surface area contributed by atoms with Crippen LogP contribution in [0.4, 0.5) is 16.4 Å². The Labute approximate surface area is 226 Å². The lowest BCUT2D eigenvalue weighted by atomic mass is 9.72. The molecule has 1 N–H and O–H groups in total. The number of para-hydroxylation sites is 1. The zero-order valence-electron chi connectivity index (χ0n) is 21.3. The molecular weight excluding hydrogens is 502 g/mol. The number of carbonyl (C=O) groups excluding carboxylic acids is 2. The summed E-state index contributed by atoms with van der Waals surface area (Å²) in [5.41, 5.74) is 4.41. The van der Waals surface area contributed by atoms with Crippen LogP contribution in [0.2, 0.25) is 5.02 Å². The van der Waals surface area contributed by atoms with E-state index >= 15 is 0 Å². The number of nitrogens with zero attached hydrogens (tertiary/aromatic N) is 2. The van der Waals surface area contributed by atoms with Gasteiger partial charge in [-0.3, -0.25) is 9.59 Å². The zero-order valence-corrected chi connectivity index (χ0v) is 22.9. The minimum absolute atomic E-state index is 0.172. The highest BCUT2D eigenvalue weighted by atomic mass is 35.5. The van der Waals surface area contributed by atoms with E-state index in [2.05, 4.69) is 32.7 Å².